The van der Waals surface area contributed by atoms with Gasteiger partial charge in [-0.25, -0.2) is 0 Å². The number of nitro benzene ring substituents is 1. The standard InChI is InChI=1S/C32H28N4O6S/c1-21(30(37)34-27-13-6-7-14-29(27)42-2)43-26-12-8-11-24(20-26)33-32(39)28(35-31(38)23-9-4-3-5-10-23)19-22-15-17-25(18-16-22)36(40)41/h3-21H,1-2H3,(H,33,39)(H,34,37)(H,35,38)/b28-19+. The summed E-state index contributed by atoms with van der Waals surface area (Å²) in [5, 5.41) is 18.9. The van der Waals surface area contributed by atoms with Crippen LogP contribution in [0.4, 0.5) is 17.1 Å². The van der Waals surface area contributed by atoms with E-state index in [4.69, 9.17) is 4.74 Å². The van der Waals surface area contributed by atoms with Crippen molar-refractivity contribution in [2.75, 3.05) is 17.7 Å². The lowest BCUT2D eigenvalue weighted by Crippen LogP contribution is -2.30. The van der Waals surface area contributed by atoms with Crippen LogP contribution in [0.3, 0.4) is 0 Å². The van der Waals surface area contributed by atoms with Gasteiger partial charge in [-0.3, -0.25) is 24.5 Å². The largest absolute Gasteiger partial charge is 0.495 e. The summed E-state index contributed by atoms with van der Waals surface area (Å²) in [6.45, 7) is 1.77. The third-order valence-corrected chi connectivity index (χ3v) is 7.18. The van der Waals surface area contributed by atoms with Crippen LogP contribution in [-0.2, 0) is 9.59 Å². The molecule has 0 fully saturated rings. The summed E-state index contributed by atoms with van der Waals surface area (Å²) >= 11 is 1.30. The first-order valence-corrected chi connectivity index (χ1v) is 14.0. The molecule has 3 N–H and O–H groups in total. The van der Waals surface area contributed by atoms with Gasteiger partial charge in [0.1, 0.15) is 11.4 Å². The molecule has 11 heteroatoms. The maximum absolute atomic E-state index is 13.4. The van der Waals surface area contributed by atoms with Crippen LogP contribution in [0.2, 0.25) is 0 Å². The quantitative estimate of drug-likeness (QED) is 0.0819. The molecule has 0 bridgehead atoms. The fourth-order valence-corrected chi connectivity index (χ4v) is 4.81. The Morgan fingerprint density at radius 1 is 0.884 bits per heavy atom. The molecule has 3 amide bonds. The number of rotatable bonds is 11. The lowest BCUT2D eigenvalue weighted by Gasteiger charge is -2.15. The molecular formula is C32H28N4O6S. The van der Waals surface area contributed by atoms with Gasteiger partial charge in [0.25, 0.3) is 17.5 Å². The number of thioether (sulfide) groups is 1. The van der Waals surface area contributed by atoms with Crippen molar-refractivity contribution in [1.82, 2.24) is 5.32 Å². The number of nitro groups is 1. The first-order valence-electron chi connectivity index (χ1n) is 13.1. The van der Waals surface area contributed by atoms with E-state index in [1.165, 1.54) is 49.2 Å². The maximum atomic E-state index is 13.4. The number of non-ortho nitro benzene ring substituents is 1. The van der Waals surface area contributed by atoms with Gasteiger partial charge >= 0.3 is 0 Å². The third-order valence-electron chi connectivity index (χ3n) is 6.08. The topological polar surface area (TPSA) is 140 Å². The minimum absolute atomic E-state index is 0.0645. The number of anilines is 2. The Hall–Kier alpha value is -5.42. The van der Waals surface area contributed by atoms with Gasteiger partial charge in [0.05, 0.1) is 23.0 Å². The van der Waals surface area contributed by atoms with Crippen LogP contribution in [-0.4, -0.2) is 35.0 Å². The Bertz CT molecular complexity index is 1660. The second-order valence-corrected chi connectivity index (χ2v) is 10.6. The molecule has 10 nitrogen and oxygen atoms in total. The van der Waals surface area contributed by atoms with Crippen molar-refractivity contribution in [2.45, 2.75) is 17.1 Å². The van der Waals surface area contributed by atoms with E-state index in [1.54, 1.807) is 73.7 Å². The van der Waals surface area contributed by atoms with E-state index in [0.29, 0.717) is 28.3 Å². The molecule has 4 rings (SSSR count). The molecule has 0 aliphatic heterocycles. The third kappa shape index (κ3) is 8.54. The molecule has 0 saturated carbocycles. The van der Waals surface area contributed by atoms with Crippen LogP contribution >= 0.6 is 11.8 Å². The highest BCUT2D eigenvalue weighted by molar-refractivity contribution is 8.00. The van der Waals surface area contributed by atoms with Crippen molar-refractivity contribution < 1.29 is 24.0 Å². The van der Waals surface area contributed by atoms with Gasteiger partial charge in [-0.05, 0) is 73.2 Å². The van der Waals surface area contributed by atoms with E-state index in [9.17, 15) is 24.5 Å². The first-order chi connectivity index (χ1) is 20.7. The normalized spacial score (nSPS) is 11.6. The van der Waals surface area contributed by atoms with E-state index < -0.39 is 22.0 Å². The monoisotopic (exact) mass is 596 g/mol. The van der Waals surface area contributed by atoms with Crippen LogP contribution in [0.25, 0.3) is 6.08 Å². The predicted molar refractivity (Wildman–Crippen MR) is 167 cm³/mol. The summed E-state index contributed by atoms with van der Waals surface area (Å²) in [6.07, 6.45) is 1.43. The smallest absolute Gasteiger partial charge is 0.272 e. The number of para-hydroxylation sites is 2. The van der Waals surface area contributed by atoms with Crippen molar-refractivity contribution in [3.8, 4) is 5.75 Å². The lowest BCUT2D eigenvalue weighted by molar-refractivity contribution is -0.384. The summed E-state index contributed by atoms with van der Waals surface area (Å²) < 4.78 is 5.30. The Balaban J connectivity index is 1.50. The molecular weight excluding hydrogens is 568 g/mol. The van der Waals surface area contributed by atoms with Crippen LogP contribution in [0.5, 0.6) is 5.75 Å². The molecule has 4 aromatic carbocycles. The fourth-order valence-electron chi connectivity index (χ4n) is 3.89. The van der Waals surface area contributed by atoms with Crippen molar-refractivity contribution in [3.63, 3.8) is 0 Å². The first kappa shape index (κ1) is 30.5. The molecule has 0 heterocycles. The Labute approximate surface area is 252 Å². The zero-order valence-corrected chi connectivity index (χ0v) is 24.1. The van der Waals surface area contributed by atoms with Gasteiger partial charge in [-0.1, -0.05) is 36.4 Å². The number of ether oxygens (including phenoxy) is 1. The highest BCUT2D eigenvalue weighted by atomic mass is 32.2. The summed E-state index contributed by atoms with van der Waals surface area (Å²) in [6, 6.07) is 28.1. The highest BCUT2D eigenvalue weighted by Crippen LogP contribution is 2.29. The van der Waals surface area contributed by atoms with Crippen molar-refractivity contribution in [3.05, 3.63) is 130 Å². The number of methoxy groups -OCH3 is 1. The predicted octanol–water partition coefficient (Wildman–Crippen LogP) is 6.13. The molecule has 0 spiro atoms. The zero-order valence-electron chi connectivity index (χ0n) is 23.3. The zero-order chi connectivity index (χ0) is 30.8. The van der Waals surface area contributed by atoms with Crippen molar-refractivity contribution >= 4 is 52.6 Å². The van der Waals surface area contributed by atoms with Crippen LogP contribution < -0.4 is 20.7 Å². The van der Waals surface area contributed by atoms with Gasteiger partial charge in [0, 0.05) is 28.3 Å². The molecule has 4 aromatic rings. The van der Waals surface area contributed by atoms with Gasteiger partial charge in [0.2, 0.25) is 5.91 Å². The molecule has 1 unspecified atom stereocenters. The second kappa shape index (κ2) is 14.5. The van der Waals surface area contributed by atoms with Crippen molar-refractivity contribution in [2.24, 2.45) is 0 Å². The summed E-state index contributed by atoms with van der Waals surface area (Å²) in [5.74, 6) is -0.773. The molecule has 0 aliphatic rings. The summed E-state index contributed by atoms with van der Waals surface area (Å²) in [7, 11) is 1.53. The fraction of sp³-hybridized carbons (Fsp3) is 0.0938. The second-order valence-electron chi connectivity index (χ2n) is 9.16. The van der Waals surface area contributed by atoms with Crippen molar-refractivity contribution in [1.29, 1.82) is 0 Å². The molecule has 0 radical (unpaired) electrons. The average molecular weight is 597 g/mol. The van der Waals surface area contributed by atoms with Crippen LogP contribution in [0.15, 0.2) is 114 Å². The van der Waals surface area contributed by atoms with E-state index in [-0.39, 0.29) is 17.3 Å². The van der Waals surface area contributed by atoms with E-state index >= 15 is 0 Å². The number of amides is 3. The maximum Gasteiger partial charge on any atom is 0.272 e. The highest BCUT2D eigenvalue weighted by Gasteiger charge is 2.18. The Morgan fingerprint density at radius 3 is 2.28 bits per heavy atom. The van der Waals surface area contributed by atoms with Gasteiger partial charge < -0.3 is 20.7 Å². The van der Waals surface area contributed by atoms with E-state index in [1.807, 2.05) is 12.1 Å². The average Bonchev–Trinajstić information content (AvgIpc) is 3.01. The Kier molecular flexibility index (Phi) is 10.3. The number of carbonyl (C=O) groups excluding carboxylic acids is 3. The summed E-state index contributed by atoms with van der Waals surface area (Å²) in [5.41, 5.74) is 1.66. The van der Waals surface area contributed by atoms with E-state index in [2.05, 4.69) is 16.0 Å². The number of hydrogen-bond donors (Lipinski definition) is 3. The summed E-state index contributed by atoms with van der Waals surface area (Å²) in [4.78, 5) is 50.3. The van der Waals surface area contributed by atoms with Crippen LogP contribution in [0, 0.1) is 10.1 Å². The Morgan fingerprint density at radius 2 is 1.58 bits per heavy atom. The number of hydrogen-bond acceptors (Lipinski definition) is 7. The number of benzene rings is 4. The number of nitrogens with zero attached hydrogens (tertiary/aromatic N) is 1. The minimum Gasteiger partial charge on any atom is -0.495 e. The van der Waals surface area contributed by atoms with E-state index in [0.717, 1.165) is 4.90 Å². The van der Waals surface area contributed by atoms with Gasteiger partial charge in [-0.2, -0.15) is 0 Å². The number of carbonyl (C=O) groups is 3. The lowest BCUT2D eigenvalue weighted by atomic mass is 10.1. The van der Waals surface area contributed by atoms with Gasteiger partial charge in [-0.15, -0.1) is 11.8 Å². The number of nitrogens with one attached hydrogen (secondary N) is 3. The molecule has 218 valence electrons. The molecule has 0 aliphatic carbocycles. The van der Waals surface area contributed by atoms with Crippen LogP contribution in [0.1, 0.15) is 22.8 Å². The molecule has 1 atom stereocenters. The SMILES string of the molecule is COc1ccccc1NC(=O)C(C)Sc1cccc(NC(=O)/C(=C\c2ccc([N+](=O)[O-])cc2)NC(=O)c2ccccc2)c1. The minimum atomic E-state index is -0.605. The molecule has 43 heavy (non-hydrogen) atoms. The molecule has 0 aromatic heterocycles. The molecule has 0 saturated heterocycles. The van der Waals surface area contributed by atoms with Gasteiger partial charge in [0.15, 0.2) is 0 Å².